The largest absolute Gasteiger partial charge is 0.388 e. The molecule has 5 heteroatoms. The molecule has 0 amide bonds. The minimum Gasteiger partial charge on any atom is -0.388 e. The predicted octanol–water partition coefficient (Wildman–Crippen LogP) is 3.27. The Bertz CT molecular complexity index is 829. The summed E-state index contributed by atoms with van der Waals surface area (Å²) in [7, 11) is -3.51. The summed E-state index contributed by atoms with van der Waals surface area (Å²) in [4.78, 5) is 0.622. The van der Waals surface area contributed by atoms with Crippen molar-refractivity contribution in [3.05, 3.63) is 59.7 Å². The first kappa shape index (κ1) is 15.7. The number of nitrogens with two attached hydrogens (primary N) is 1. The lowest BCUT2D eigenvalue weighted by atomic mass is 9.81. The van der Waals surface area contributed by atoms with E-state index < -0.39 is 9.84 Å². The van der Waals surface area contributed by atoms with Crippen LogP contribution < -0.4 is 5.73 Å². The number of aryl methyl sites for hydroxylation is 1. The zero-order valence-corrected chi connectivity index (χ0v) is 13.6. The van der Waals surface area contributed by atoms with Crippen molar-refractivity contribution in [3.8, 4) is 0 Å². The van der Waals surface area contributed by atoms with Gasteiger partial charge >= 0.3 is 0 Å². The summed E-state index contributed by atoms with van der Waals surface area (Å²) in [6.07, 6.45) is 3.44. The number of nitrogens with one attached hydrogen (secondary N) is 1. The second-order valence-electron chi connectivity index (χ2n) is 6.00. The van der Waals surface area contributed by atoms with Gasteiger partial charge < -0.3 is 5.73 Å². The fourth-order valence-corrected chi connectivity index (χ4v) is 4.57. The van der Waals surface area contributed by atoms with Gasteiger partial charge in [-0.1, -0.05) is 24.3 Å². The standard InChI is InChI=1S/C18H20N2O2S/c19-18(20)11-14-6-4-5-13-9-10-16(12-17(13)14)23(21,22)15-7-2-1-3-8-15/h1-3,7-10,12,14H,4-6,11H2,(H3,19,20). The number of sulfone groups is 1. The minimum absolute atomic E-state index is 0.141. The molecule has 1 aliphatic carbocycles. The number of hydrogen-bond acceptors (Lipinski definition) is 3. The van der Waals surface area contributed by atoms with Crippen molar-refractivity contribution in [2.24, 2.45) is 5.73 Å². The lowest BCUT2D eigenvalue weighted by molar-refractivity contribution is 0.562. The SMILES string of the molecule is N=C(N)CC1CCCc2ccc(S(=O)(=O)c3ccccc3)cc21. The molecular formula is C18H20N2O2S. The predicted molar refractivity (Wildman–Crippen MR) is 90.5 cm³/mol. The maximum absolute atomic E-state index is 12.8. The summed E-state index contributed by atoms with van der Waals surface area (Å²) >= 11 is 0. The molecule has 0 aromatic heterocycles. The zero-order valence-electron chi connectivity index (χ0n) is 12.8. The fraction of sp³-hybridized carbons (Fsp3) is 0.278. The van der Waals surface area contributed by atoms with Crippen LogP contribution in [0.25, 0.3) is 0 Å². The van der Waals surface area contributed by atoms with Crippen LogP contribution in [-0.2, 0) is 16.3 Å². The quantitative estimate of drug-likeness (QED) is 0.667. The van der Waals surface area contributed by atoms with Gasteiger partial charge in [-0.05, 0) is 60.6 Å². The molecular weight excluding hydrogens is 308 g/mol. The number of amidine groups is 1. The van der Waals surface area contributed by atoms with Crippen molar-refractivity contribution in [2.75, 3.05) is 0 Å². The van der Waals surface area contributed by atoms with Crippen LogP contribution in [0.2, 0.25) is 0 Å². The molecule has 23 heavy (non-hydrogen) atoms. The molecule has 2 aromatic carbocycles. The van der Waals surface area contributed by atoms with Gasteiger partial charge in [0.05, 0.1) is 15.6 Å². The van der Waals surface area contributed by atoms with Crippen molar-refractivity contribution < 1.29 is 8.42 Å². The highest BCUT2D eigenvalue weighted by Gasteiger charge is 2.24. The van der Waals surface area contributed by atoms with E-state index in [0.29, 0.717) is 16.2 Å². The smallest absolute Gasteiger partial charge is 0.206 e. The van der Waals surface area contributed by atoms with Crippen LogP contribution in [0.15, 0.2) is 58.3 Å². The number of rotatable bonds is 4. The van der Waals surface area contributed by atoms with Gasteiger partial charge in [0.1, 0.15) is 0 Å². The highest BCUT2D eigenvalue weighted by atomic mass is 32.2. The molecule has 2 aromatic rings. The maximum Gasteiger partial charge on any atom is 0.206 e. The third-order valence-electron chi connectivity index (χ3n) is 4.39. The lowest BCUT2D eigenvalue weighted by Gasteiger charge is -2.25. The molecule has 0 heterocycles. The fourth-order valence-electron chi connectivity index (χ4n) is 3.26. The maximum atomic E-state index is 12.8. The van der Waals surface area contributed by atoms with E-state index in [-0.39, 0.29) is 11.8 Å². The van der Waals surface area contributed by atoms with Crippen molar-refractivity contribution >= 4 is 15.7 Å². The van der Waals surface area contributed by atoms with Crippen molar-refractivity contribution in [2.45, 2.75) is 41.4 Å². The Balaban J connectivity index is 2.04. The first-order valence-corrected chi connectivity index (χ1v) is 9.22. The van der Waals surface area contributed by atoms with E-state index >= 15 is 0 Å². The molecule has 1 unspecified atom stereocenters. The molecule has 3 N–H and O–H groups in total. The molecule has 3 rings (SSSR count). The van der Waals surface area contributed by atoms with Crippen LogP contribution >= 0.6 is 0 Å². The zero-order chi connectivity index (χ0) is 16.4. The average Bonchev–Trinajstić information content (AvgIpc) is 2.55. The van der Waals surface area contributed by atoms with Crippen LogP contribution in [0.3, 0.4) is 0 Å². The van der Waals surface area contributed by atoms with Crippen molar-refractivity contribution in [3.63, 3.8) is 0 Å². The first-order valence-electron chi connectivity index (χ1n) is 7.74. The lowest BCUT2D eigenvalue weighted by Crippen LogP contribution is -2.18. The molecule has 1 aliphatic rings. The second-order valence-corrected chi connectivity index (χ2v) is 7.95. The normalized spacial score (nSPS) is 17.5. The third kappa shape index (κ3) is 3.15. The Hall–Kier alpha value is -2.14. The summed E-state index contributed by atoms with van der Waals surface area (Å²) in [5.41, 5.74) is 7.77. The molecule has 1 atom stereocenters. The van der Waals surface area contributed by atoms with Gasteiger partial charge in [-0.15, -0.1) is 0 Å². The van der Waals surface area contributed by atoms with Crippen molar-refractivity contribution in [1.29, 1.82) is 5.41 Å². The van der Waals surface area contributed by atoms with E-state index in [4.69, 9.17) is 11.1 Å². The summed E-state index contributed by atoms with van der Waals surface area (Å²) in [5, 5.41) is 7.54. The van der Waals surface area contributed by atoms with Crippen LogP contribution in [0.4, 0.5) is 0 Å². The van der Waals surface area contributed by atoms with E-state index in [1.165, 1.54) is 5.56 Å². The van der Waals surface area contributed by atoms with Gasteiger partial charge in [0.25, 0.3) is 0 Å². The molecule has 0 spiro atoms. The number of benzene rings is 2. The van der Waals surface area contributed by atoms with Gasteiger partial charge in [0.15, 0.2) is 0 Å². The summed E-state index contributed by atoms with van der Waals surface area (Å²) in [6, 6.07) is 13.9. The Labute approximate surface area is 136 Å². The van der Waals surface area contributed by atoms with Gasteiger partial charge in [-0.25, -0.2) is 8.42 Å². The van der Waals surface area contributed by atoms with Gasteiger partial charge in [-0.3, -0.25) is 5.41 Å². The minimum atomic E-state index is -3.51. The second kappa shape index (κ2) is 6.16. The first-order chi connectivity index (χ1) is 11.0. The van der Waals surface area contributed by atoms with Crippen LogP contribution in [0.5, 0.6) is 0 Å². The van der Waals surface area contributed by atoms with Crippen LogP contribution in [0.1, 0.15) is 36.3 Å². The Kier molecular flexibility index (Phi) is 4.22. The monoisotopic (exact) mass is 328 g/mol. The molecule has 0 aliphatic heterocycles. The number of hydrogen-bond donors (Lipinski definition) is 2. The molecule has 0 fully saturated rings. The molecule has 0 saturated carbocycles. The average molecular weight is 328 g/mol. The molecule has 120 valence electrons. The van der Waals surface area contributed by atoms with E-state index in [2.05, 4.69) is 0 Å². The van der Waals surface area contributed by atoms with E-state index in [0.717, 1.165) is 24.8 Å². The van der Waals surface area contributed by atoms with E-state index in [9.17, 15) is 8.42 Å². The topological polar surface area (TPSA) is 84.0 Å². The summed E-state index contributed by atoms with van der Waals surface area (Å²) < 4.78 is 25.6. The highest BCUT2D eigenvalue weighted by Crippen LogP contribution is 2.36. The van der Waals surface area contributed by atoms with Gasteiger partial charge in [-0.2, -0.15) is 0 Å². The number of fused-ring (bicyclic) bond motifs is 1. The molecule has 0 saturated heterocycles. The third-order valence-corrected chi connectivity index (χ3v) is 6.15. The van der Waals surface area contributed by atoms with E-state index in [1.807, 2.05) is 6.07 Å². The van der Waals surface area contributed by atoms with Crippen LogP contribution in [0, 0.1) is 5.41 Å². The molecule has 0 bridgehead atoms. The Morgan fingerprint density at radius 2 is 1.87 bits per heavy atom. The highest BCUT2D eigenvalue weighted by molar-refractivity contribution is 7.91. The van der Waals surface area contributed by atoms with E-state index in [1.54, 1.807) is 42.5 Å². The molecule has 0 radical (unpaired) electrons. The summed E-state index contributed by atoms with van der Waals surface area (Å²) in [6.45, 7) is 0. The van der Waals surface area contributed by atoms with Gasteiger partial charge in [0.2, 0.25) is 9.84 Å². The Morgan fingerprint density at radius 3 is 2.57 bits per heavy atom. The summed E-state index contributed by atoms with van der Waals surface area (Å²) in [5.74, 6) is 0.293. The van der Waals surface area contributed by atoms with Crippen molar-refractivity contribution in [1.82, 2.24) is 0 Å². The molecule has 4 nitrogen and oxygen atoms in total. The van der Waals surface area contributed by atoms with Gasteiger partial charge in [0, 0.05) is 6.42 Å². The van der Waals surface area contributed by atoms with Crippen LogP contribution in [-0.4, -0.2) is 14.3 Å². The Morgan fingerprint density at radius 1 is 1.13 bits per heavy atom.